The first-order valence-corrected chi connectivity index (χ1v) is 10.2. The number of para-hydroxylation sites is 1. The minimum atomic E-state index is -0.405. The van der Waals surface area contributed by atoms with Crippen LogP contribution in [-0.4, -0.2) is 20.8 Å². The molecule has 31 heavy (non-hydrogen) atoms. The van der Waals surface area contributed by atoms with Crippen molar-refractivity contribution in [3.05, 3.63) is 93.6 Å². The predicted molar refractivity (Wildman–Crippen MR) is 118 cm³/mol. The van der Waals surface area contributed by atoms with Gasteiger partial charge in [-0.2, -0.15) is 5.10 Å². The lowest BCUT2D eigenvalue weighted by Gasteiger charge is -2.06. The maximum Gasteiger partial charge on any atom is 0.278 e. The van der Waals surface area contributed by atoms with Crippen molar-refractivity contribution in [3.8, 4) is 5.75 Å². The van der Waals surface area contributed by atoms with Gasteiger partial charge in [0.1, 0.15) is 18.1 Å². The largest absolute Gasteiger partial charge is 0.489 e. The number of carbonyl (C=O) groups is 1. The Balaban J connectivity index is 1.42. The van der Waals surface area contributed by atoms with Crippen LogP contribution in [0.3, 0.4) is 0 Å². The van der Waals surface area contributed by atoms with Crippen molar-refractivity contribution in [1.29, 1.82) is 0 Å². The number of ether oxygens (including phenoxy) is 1. The molecule has 0 saturated heterocycles. The number of nitrogens with one attached hydrogen (secondary N) is 1. The van der Waals surface area contributed by atoms with Crippen molar-refractivity contribution >= 4 is 34.8 Å². The molecule has 0 bridgehead atoms. The Labute approximate surface area is 188 Å². The van der Waals surface area contributed by atoms with E-state index in [1.807, 2.05) is 36.4 Å². The maximum atomic E-state index is 12.8. The van der Waals surface area contributed by atoms with E-state index in [1.54, 1.807) is 36.1 Å². The smallest absolute Gasteiger partial charge is 0.278 e. The van der Waals surface area contributed by atoms with Gasteiger partial charge in [-0.3, -0.25) is 9.48 Å². The molecule has 0 aliphatic rings. The topological polar surface area (TPSA) is 82.2 Å². The van der Waals surface area contributed by atoms with E-state index in [2.05, 4.69) is 15.6 Å². The highest BCUT2D eigenvalue weighted by Gasteiger charge is 2.21. The summed E-state index contributed by atoms with van der Waals surface area (Å²) in [4.78, 5) is 12.8. The van der Waals surface area contributed by atoms with Crippen LogP contribution in [0.5, 0.6) is 5.75 Å². The summed E-state index contributed by atoms with van der Waals surface area (Å²) in [6.45, 7) is 2.38. The van der Waals surface area contributed by atoms with E-state index in [1.165, 1.54) is 0 Å². The van der Waals surface area contributed by atoms with Gasteiger partial charge in [-0.1, -0.05) is 52.6 Å². The Morgan fingerprint density at radius 1 is 1.16 bits per heavy atom. The second kappa shape index (κ2) is 9.24. The summed E-state index contributed by atoms with van der Waals surface area (Å²) in [6, 6.07) is 14.7. The number of rotatable bonds is 7. The summed E-state index contributed by atoms with van der Waals surface area (Å²) in [7, 11) is 0. The molecule has 0 radical (unpaired) electrons. The first-order valence-electron chi connectivity index (χ1n) is 9.40. The molecule has 0 fully saturated rings. The molecular weight excluding hydrogens is 439 g/mol. The SMILES string of the molecule is Cc1onc(C(=O)Nc2cnn(Cc3ccc(Cl)c(Cl)c3)c2)c1COc1ccccc1. The molecule has 0 spiro atoms. The zero-order valence-electron chi connectivity index (χ0n) is 16.5. The van der Waals surface area contributed by atoms with Gasteiger partial charge in [-0.25, -0.2) is 0 Å². The van der Waals surface area contributed by atoms with Crippen LogP contribution < -0.4 is 10.1 Å². The summed E-state index contributed by atoms with van der Waals surface area (Å²) in [5, 5.41) is 11.9. The van der Waals surface area contributed by atoms with Crippen LogP contribution in [0, 0.1) is 6.92 Å². The van der Waals surface area contributed by atoms with Crippen molar-refractivity contribution in [2.24, 2.45) is 0 Å². The van der Waals surface area contributed by atoms with Crippen LogP contribution in [0.2, 0.25) is 10.0 Å². The average Bonchev–Trinajstić information content (AvgIpc) is 3.36. The highest BCUT2D eigenvalue weighted by Crippen LogP contribution is 2.23. The maximum absolute atomic E-state index is 12.8. The molecule has 0 aliphatic carbocycles. The van der Waals surface area contributed by atoms with Gasteiger partial charge in [-0.15, -0.1) is 0 Å². The molecule has 158 valence electrons. The van der Waals surface area contributed by atoms with Gasteiger partial charge in [0, 0.05) is 6.20 Å². The quantitative estimate of drug-likeness (QED) is 0.404. The van der Waals surface area contributed by atoms with Gasteiger partial charge in [0.05, 0.1) is 34.0 Å². The number of halogens is 2. The lowest BCUT2D eigenvalue weighted by Crippen LogP contribution is -2.15. The highest BCUT2D eigenvalue weighted by molar-refractivity contribution is 6.42. The molecule has 2 aromatic carbocycles. The van der Waals surface area contributed by atoms with Crippen LogP contribution >= 0.6 is 23.2 Å². The Morgan fingerprint density at radius 3 is 2.74 bits per heavy atom. The van der Waals surface area contributed by atoms with E-state index in [4.69, 9.17) is 32.5 Å². The molecule has 0 saturated carbocycles. The van der Waals surface area contributed by atoms with Crippen LogP contribution in [-0.2, 0) is 13.2 Å². The van der Waals surface area contributed by atoms with E-state index >= 15 is 0 Å². The minimum absolute atomic E-state index is 0.165. The molecule has 2 heterocycles. The van der Waals surface area contributed by atoms with Crippen LogP contribution in [0.1, 0.15) is 27.4 Å². The number of benzene rings is 2. The van der Waals surface area contributed by atoms with Gasteiger partial charge in [-0.05, 0) is 36.8 Å². The Kier molecular flexibility index (Phi) is 6.25. The summed E-state index contributed by atoms with van der Waals surface area (Å²) in [5.41, 5.74) is 2.22. The first kappa shape index (κ1) is 21.0. The van der Waals surface area contributed by atoms with E-state index in [9.17, 15) is 4.79 Å². The van der Waals surface area contributed by atoms with Crippen LogP contribution in [0.25, 0.3) is 0 Å². The van der Waals surface area contributed by atoms with Crippen molar-refractivity contribution in [2.75, 3.05) is 5.32 Å². The highest BCUT2D eigenvalue weighted by atomic mass is 35.5. The molecule has 2 aromatic heterocycles. The molecule has 7 nitrogen and oxygen atoms in total. The van der Waals surface area contributed by atoms with Crippen molar-refractivity contribution < 1.29 is 14.1 Å². The number of amides is 1. The minimum Gasteiger partial charge on any atom is -0.489 e. The van der Waals surface area contributed by atoms with E-state index in [-0.39, 0.29) is 12.3 Å². The zero-order chi connectivity index (χ0) is 21.8. The third-order valence-corrected chi connectivity index (χ3v) is 5.28. The molecule has 1 amide bonds. The first-order chi connectivity index (χ1) is 15.0. The lowest BCUT2D eigenvalue weighted by molar-refractivity contribution is 0.101. The molecular formula is C22H18Cl2N4O3. The van der Waals surface area contributed by atoms with Gasteiger partial charge in [0.15, 0.2) is 5.69 Å². The van der Waals surface area contributed by atoms with Crippen molar-refractivity contribution in [1.82, 2.24) is 14.9 Å². The number of nitrogens with zero attached hydrogens (tertiary/aromatic N) is 3. The number of aromatic nitrogens is 3. The molecule has 9 heteroatoms. The number of hydrogen-bond acceptors (Lipinski definition) is 5. The van der Waals surface area contributed by atoms with Gasteiger partial charge < -0.3 is 14.6 Å². The second-order valence-corrected chi connectivity index (χ2v) is 7.61. The second-order valence-electron chi connectivity index (χ2n) is 6.80. The van der Waals surface area contributed by atoms with E-state index < -0.39 is 5.91 Å². The van der Waals surface area contributed by atoms with Gasteiger partial charge >= 0.3 is 0 Å². The molecule has 4 rings (SSSR count). The number of carbonyl (C=O) groups excluding carboxylic acids is 1. The summed E-state index contributed by atoms with van der Waals surface area (Å²) >= 11 is 12.0. The summed E-state index contributed by atoms with van der Waals surface area (Å²) < 4.78 is 12.6. The summed E-state index contributed by atoms with van der Waals surface area (Å²) in [6.07, 6.45) is 3.27. The Morgan fingerprint density at radius 2 is 1.97 bits per heavy atom. The Bertz CT molecular complexity index is 1200. The lowest BCUT2D eigenvalue weighted by atomic mass is 10.2. The standard InChI is InChI=1S/C22H18Cl2N4O3/c1-14-18(13-30-17-5-3-2-4-6-17)21(27-31-14)22(29)26-16-10-25-28(12-16)11-15-7-8-19(23)20(24)9-15/h2-10,12H,11,13H2,1H3,(H,26,29). The molecule has 0 unspecified atom stereocenters. The molecule has 0 atom stereocenters. The third kappa shape index (κ3) is 5.07. The van der Waals surface area contributed by atoms with E-state index in [0.717, 1.165) is 5.56 Å². The zero-order valence-corrected chi connectivity index (χ0v) is 18.0. The van der Waals surface area contributed by atoms with Crippen molar-refractivity contribution in [2.45, 2.75) is 20.1 Å². The van der Waals surface area contributed by atoms with E-state index in [0.29, 0.717) is 39.4 Å². The van der Waals surface area contributed by atoms with Crippen LogP contribution in [0.4, 0.5) is 5.69 Å². The molecule has 4 aromatic rings. The average molecular weight is 457 g/mol. The normalized spacial score (nSPS) is 10.8. The van der Waals surface area contributed by atoms with Gasteiger partial charge in [0.2, 0.25) is 0 Å². The monoisotopic (exact) mass is 456 g/mol. The molecule has 1 N–H and O–H groups in total. The summed E-state index contributed by atoms with van der Waals surface area (Å²) in [5.74, 6) is 0.812. The molecule has 0 aliphatic heterocycles. The number of aryl methyl sites for hydroxylation is 1. The fourth-order valence-corrected chi connectivity index (χ4v) is 3.26. The van der Waals surface area contributed by atoms with Gasteiger partial charge in [0.25, 0.3) is 5.91 Å². The number of hydrogen-bond donors (Lipinski definition) is 1. The number of anilines is 1. The Hall–Kier alpha value is -3.29. The fraction of sp³-hybridized carbons (Fsp3) is 0.136. The fourth-order valence-electron chi connectivity index (χ4n) is 2.94. The van der Waals surface area contributed by atoms with Crippen molar-refractivity contribution in [3.63, 3.8) is 0 Å². The van der Waals surface area contributed by atoms with Crippen LogP contribution in [0.15, 0.2) is 65.4 Å². The predicted octanol–water partition coefficient (Wildman–Crippen LogP) is 5.37. The third-order valence-electron chi connectivity index (χ3n) is 4.55.